The van der Waals surface area contributed by atoms with Gasteiger partial charge < -0.3 is 19.9 Å². The largest absolute Gasteiger partial charge is 0.461 e. The zero-order valence-electron chi connectivity index (χ0n) is 24.7. The van der Waals surface area contributed by atoms with E-state index in [0.29, 0.717) is 43.3 Å². The maximum atomic E-state index is 14.0. The molecular weight excluding hydrogens is 552 g/mol. The Morgan fingerprint density at radius 1 is 1.14 bits per heavy atom. The van der Waals surface area contributed by atoms with Gasteiger partial charge in [0.05, 0.1) is 22.5 Å². The van der Waals surface area contributed by atoms with Gasteiger partial charge >= 0.3 is 0 Å². The summed E-state index contributed by atoms with van der Waals surface area (Å²) in [5, 5.41) is 6.98. The van der Waals surface area contributed by atoms with Crippen LogP contribution in [0.4, 0.5) is 5.69 Å². The molecule has 3 aromatic rings. The second-order valence-electron chi connectivity index (χ2n) is 11.7. The first-order chi connectivity index (χ1) is 20.2. The first-order valence-electron chi connectivity index (χ1n) is 15.0. The molecule has 1 aliphatic heterocycles. The van der Waals surface area contributed by atoms with Gasteiger partial charge in [0.1, 0.15) is 6.10 Å². The number of nitrogens with one attached hydrogen (secondary N) is 2. The molecule has 2 heterocycles. The number of ether oxygens (including phenoxy) is 1. The number of hydrogen-bond acceptors (Lipinski definition) is 6. The maximum absolute atomic E-state index is 14.0. The number of nitrogens with zero attached hydrogens (tertiary/aromatic N) is 2. The first kappa shape index (κ1) is 30.1. The molecule has 1 saturated carbocycles. The van der Waals surface area contributed by atoms with Gasteiger partial charge in [0, 0.05) is 43.3 Å². The van der Waals surface area contributed by atoms with Gasteiger partial charge in [-0.15, -0.1) is 0 Å². The molecule has 1 fully saturated rings. The van der Waals surface area contributed by atoms with Crippen LogP contribution >= 0.6 is 0 Å². The van der Waals surface area contributed by atoms with Crippen molar-refractivity contribution in [3.8, 4) is 0 Å². The number of hydrogen-bond donors (Lipinski definition) is 2. The van der Waals surface area contributed by atoms with E-state index >= 15 is 0 Å². The highest BCUT2D eigenvalue weighted by atomic mass is 32.2. The fourth-order valence-electron chi connectivity index (χ4n) is 6.40. The summed E-state index contributed by atoms with van der Waals surface area (Å²) in [5.41, 5.74) is 3.73. The van der Waals surface area contributed by atoms with Crippen molar-refractivity contribution in [1.82, 2.24) is 15.2 Å². The van der Waals surface area contributed by atoms with Crippen molar-refractivity contribution in [1.29, 1.82) is 0 Å². The lowest BCUT2D eigenvalue weighted by Gasteiger charge is -2.30. The Morgan fingerprint density at radius 3 is 2.57 bits per heavy atom. The average molecular weight is 595 g/mol. The predicted molar refractivity (Wildman–Crippen MR) is 165 cm³/mol. The molecule has 0 radical (unpaired) electrons. The molecule has 0 spiro atoms. The number of benzene rings is 2. The van der Waals surface area contributed by atoms with Crippen molar-refractivity contribution in [2.24, 2.45) is 0 Å². The Labute approximate surface area is 248 Å². The molecule has 2 aliphatic rings. The average Bonchev–Trinajstić information content (AvgIpc) is 3.33. The molecule has 226 valence electrons. The lowest BCUT2D eigenvalue weighted by molar-refractivity contribution is -0.134. The Bertz CT molecular complexity index is 1510. The Balaban J connectivity index is 1.48. The Morgan fingerprint density at radius 2 is 1.88 bits per heavy atom. The second-order valence-corrected chi connectivity index (χ2v) is 14.0. The highest BCUT2D eigenvalue weighted by molar-refractivity contribution is 7.93. The number of anilines is 1. The fraction of sp³-hybridized carbons (Fsp3) is 0.500. The van der Waals surface area contributed by atoms with E-state index in [4.69, 9.17) is 4.74 Å². The van der Waals surface area contributed by atoms with Gasteiger partial charge in [-0.25, -0.2) is 8.42 Å². The van der Waals surface area contributed by atoms with E-state index in [1.807, 2.05) is 47.2 Å². The minimum Gasteiger partial charge on any atom is -0.461 e. The molecule has 1 aliphatic carbocycles. The van der Waals surface area contributed by atoms with Crippen LogP contribution in [0.1, 0.15) is 67.4 Å². The van der Waals surface area contributed by atoms with Crippen LogP contribution in [0.5, 0.6) is 0 Å². The zero-order valence-corrected chi connectivity index (χ0v) is 25.5. The fourth-order valence-corrected chi connectivity index (χ4v) is 7.71. The number of rotatable bonds is 11. The number of carbonyl (C=O) groups is 2. The summed E-state index contributed by atoms with van der Waals surface area (Å²) in [6, 6.07) is 13.2. The van der Waals surface area contributed by atoms with Crippen LogP contribution in [0, 0.1) is 0 Å². The lowest BCUT2D eigenvalue weighted by Crippen LogP contribution is -2.51. The first-order valence-corrected chi connectivity index (χ1v) is 16.5. The summed E-state index contributed by atoms with van der Waals surface area (Å²) >= 11 is 0. The van der Waals surface area contributed by atoms with Gasteiger partial charge in [0.2, 0.25) is 10.0 Å². The topological polar surface area (TPSA) is 110 Å². The van der Waals surface area contributed by atoms with E-state index in [-0.39, 0.29) is 5.91 Å². The molecule has 42 heavy (non-hydrogen) atoms. The molecule has 1 aromatic heterocycles. The minimum absolute atomic E-state index is 0.343. The normalized spacial score (nSPS) is 20.1. The number of aryl methyl sites for hydroxylation is 1. The molecule has 2 N–H and O–H groups in total. The quantitative estimate of drug-likeness (QED) is 0.323. The Kier molecular flexibility index (Phi) is 9.22. The third-order valence-electron chi connectivity index (χ3n) is 8.87. The monoisotopic (exact) mass is 594 g/mol. The van der Waals surface area contributed by atoms with E-state index in [1.165, 1.54) is 23.6 Å². The van der Waals surface area contributed by atoms with E-state index in [0.717, 1.165) is 41.3 Å². The molecule has 1 unspecified atom stereocenters. The van der Waals surface area contributed by atoms with Gasteiger partial charge in [-0.1, -0.05) is 56.5 Å². The molecule has 2 aromatic carbocycles. The number of sulfonamides is 1. The van der Waals surface area contributed by atoms with Crippen LogP contribution in [0.15, 0.2) is 48.7 Å². The van der Waals surface area contributed by atoms with Crippen molar-refractivity contribution < 1.29 is 22.7 Å². The standard InChI is InChI=1S/C32H42N4O5S/c1-4-24-20-36-19-22(2)42(39,40)35(3)29-17-25(16-27(24)31(29)36)32(38)34-28(15-23-11-7-5-8-12-23)30(41-21-37)18-33-26-13-9-6-10-14-26/h5,7-8,11-12,16-17,20-22,26,28,30,33H,4,6,9-10,13-15,18-19H2,1-3H3,(H,34,38)/t22?,28-,30+/m0/s1. The van der Waals surface area contributed by atoms with E-state index in [2.05, 4.69) is 17.6 Å². The van der Waals surface area contributed by atoms with Gasteiger partial charge in [-0.3, -0.25) is 13.9 Å². The van der Waals surface area contributed by atoms with Gasteiger partial charge in [0.25, 0.3) is 12.4 Å². The minimum atomic E-state index is -3.61. The van der Waals surface area contributed by atoms with E-state index in [9.17, 15) is 18.0 Å². The highest BCUT2D eigenvalue weighted by Gasteiger charge is 2.34. The van der Waals surface area contributed by atoms with Gasteiger partial charge in [-0.05, 0) is 55.9 Å². The number of aromatic nitrogens is 1. The van der Waals surface area contributed by atoms with Crippen molar-refractivity contribution >= 4 is 39.0 Å². The van der Waals surface area contributed by atoms with Gasteiger partial charge in [0.15, 0.2) is 0 Å². The van der Waals surface area contributed by atoms with Crippen molar-refractivity contribution in [2.75, 3.05) is 17.9 Å². The van der Waals surface area contributed by atoms with Gasteiger partial charge in [-0.2, -0.15) is 0 Å². The summed E-state index contributed by atoms with van der Waals surface area (Å²) in [6.45, 7) is 4.99. The summed E-state index contributed by atoms with van der Waals surface area (Å²) in [4.78, 5) is 25.6. The summed E-state index contributed by atoms with van der Waals surface area (Å²) < 4.78 is 35.5. The number of carbonyl (C=O) groups excluding carboxylic acids is 2. The molecule has 0 saturated heterocycles. The van der Waals surface area contributed by atoms with Crippen molar-refractivity contribution in [2.45, 2.75) is 88.8 Å². The maximum Gasteiger partial charge on any atom is 0.293 e. The molecule has 0 bridgehead atoms. The summed E-state index contributed by atoms with van der Waals surface area (Å²) in [5.74, 6) is -0.343. The SMILES string of the molecule is CCc1cn2c3c(cc(C(=O)N[C@@H](Cc4ccccc4)[C@@H](CNC4CCCCC4)OC=O)cc13)N(C)S(=O)(=O)C(C)C2. The van der Waals surface area contributed by atoms with Crippen LogP contribution in [-0.2, 0) is 38.9 Å². The van der Waals surface area contributed by atoms with E-state index < -0.39 is 27.4 Å². The predicted octanol–water partition coefficient (Wildman–Crippen LogP) is 4.18. The molecule has 1 amide bonds. The summed E-state index contributed by atoms with van der Waals surface area (Å²) in [6.07, 6.45) is 8.39. The Hall–Kier alpha value is -3.37. The molecule has 5 rings (SSSR count). The smallest absolute Gasteiger partial charge is 0.293 e. The molecule has 9 nitrogen and oxygen atoms in total. The molecular formula is C32H42N4O5S. The van der Waals surface area contributed by atoms with E-state index in [1.54, 1.807) is 20.0 Å². The number of amides is 1. The van der Waals surface area contributed by atoms with Crippen LogP contribution in [0.2, 0.25) is 0 Å². The van der Waals surface area contributed by atoms with Crippen LogP contribution in [0.25, 0.3) is 10.9 Å². The third kappa shape index (κ3) is 6.20. The molecule has 3 atom stereocenters. The summed E-state index contributed by atoms with van der Waals surface area (Å²) in [7, 11) is -2.06. The van der Waals surface area contributed by atoms with Crippen molar-refractivity contribution in [3.63, 3.8) is 0 Å². The molecule has 10 heteroatoms. The van der Waals surface area contributed by atoms with Crippen LogP contribution < -0.4 is 14.9 Å². The van der Waals surface area contributed by atoms with Crippen LogP contribution in [-0.4, -0.2) is 62.4 Å². The van der Waals surface area contributed by atoms with Crippen LogP contribution in [0.3, 0.4) is 0 Å². The highest BCUT2D eigenvalue weighted by Crippen LogP contribution is 2.37. The zero-order chi connectivity index (χ0) is 29.9. The van der Waals surface area contributed by atoms with Crippen molar-refractivity contribution in [3.05, 3.63) is 65.4 Å². The second kappa shape index (κ2) is 12.9. The third-order valence-corrected chi connectivity index (χ3v) is 11.0. The lowest BCUT2D eigenvalue weighted by atomic mass is 9.94.